The molecule has 1 aromatic rings. The lowest BCUT2D eigenvalue weighted by atomic mass is 9.95. The molecule has 0 unspecified atom stereocenters. The van der Waals surface area contributed by atoms with Gasteiger partial charge in [-0.25, -0.2) is 4.39 Å². The zero-order chi connectivity index (χ0) is 12.2. The van der Waals surface area contributed by atoms with Crippen LogP contribution in [0.1, 0.15) is 19.4 Å². The van der Waals surface area contributed by atoms with Crippen LogP contribution in [0.25, 0.3) is 0 Å². The highest BCUT2D eigenvalue weighted by Gasteiger charge is 2.17. The van der Waals surface area contributed by atoms with Crippen molar-refractivity contribution in [2.24, 2.45) is 5.41 Å². The monoisotopic (exact) mass is 225 g/mol. The molecule has 0 fully saturated rings. The first-order valence-corrected chi connectivity index (χ1v) is 5.48. The van der Waals surface area contributed by atoms with Gasteiger partial charge in [-0.2, -0.15) is 0 Å². The van der Waals surface area contributed by atoms with Crippen LogP contribution in [0.4, 0.5) is 4.39 Å². The van der Waals surface area contributed by atoms with E-state index in [-0.39, 0.29) is 11.2 Å². The third-order valence-corrected chi connectivity index (χ3v) is 2.43. The Morgan fingerprint density at radius 2 is 2.06 bits per heavy atom. The molecule has 0 spiro atoms. The van der Waals surface area contributed by atoms with Crippen LogP contribution >= 0.6 is 0 Å². The van der Waals surface area contributed by atoms with E-state index in [1.165, 1.54) is 6.07 Å². The highest BCUT2D eigenvalue weighted by atomic mass is 19.1. The van der Waals surface area contributed by atoms with E-state index in [1.807, 2.05) is 7.05 Å². The number of hydrogen-bond acceptors (Lipinski definition) is 2. The van der Waals surface area contributed by atoms with Gasteiger partial charge in [-0.15, -0.1) is 0 Å². The zero-order valence-corrected chi connectivity index (χ0v) is 10.4. The number of aryl methyl sites for hydroxylation is 1. The predicted octanol–water partition coefficient (Wildman–Crippen LogP) is 2.76. The van der Waals surface area contributed by atoms with Crippen LogP contribution in [-0.4, -0.2) is 20.2 Å². The Kier molecular flexibility index (Phi) is 4.30. The topological polar surface area (TPSA) is 21.3 Å². The van der Waals surface area contributed by atoms with E-state index in [9.17, 15) is 4.39 Å². The standard InChI is InChI=1S/C13H20FNO/c1-10-5-6-11(7-12(10)14)16-9-13(2,3)8-15-4/h5-7,15H,8-9H2,1-4H3. The molecule has 0 aromatic heterocycles. The molecule has 0 aliphatic heterocycles. The normalized spacial score (nSPS) is 11.6. The lowest BCUT2D eigenvalue weighted by molar-refractivity contribution is 0.178. The van der Waals surface area contributed by atoms with Crippen LogP contribution in [0.2, 0.25) is 0 Å². The van der Waals surface area contributed by atoms with Crippen LogP contribution in [-0.2, 0) is 0 Å². The van der Waals surface area contributed by atoms with E-state index in [0.29, 0.717) is 17.9 Å². The van der Waals surface area contributed by atoms with Gasteiger partial charge in [0, 0.05) is 18.0 Å². The predicted molar refractivity (Wildman–Crippen MR) is 64.3 cm³/mol. The fourth-order valence-electron chi connectivity index (χ4n) is 1.47. The van der Waals surface area contributed by atoms with Crippen molar-refractivity contribution in [1.29, 1.82) is 0 Å². The van der Waals surface area contributed by atoms with Crippen LogP contribution in [0.3, 0.4) is 0 Å². The van der Waals surface area contributed by atoms with Gasteiger partial charge in [0.1, 0.15) is 11.6 Å². The first kappa shape index (κ1) is 13.0. The minimum atomic E-state index is -0.219. The van der Waals surface area contributed by atoms with Gasteiger partial charge < -0.3 is 10.1 Å². The number of ether oxygens (including phenoxy) is 1. The maximum atomic E-state index is 13.3. The molecule has 0 aliphatic rings. The summed E-state index contributed by atoms with van der Waals surface area (Å²) in [5.74, 6) is 0.371. The molecule has 0 amide bonds. The summed E-state index contributed by atoms with van der Waals surface area (Å²) in [4.78, 5) is 0. The molecular formula is C13H20FNO. The third-order valence-electron chi connectivity index (χ3n) is 2.43. The molecule has 16 heavy (non-hydrogen) atoms. The van der Waals surface area contributed by atoms with E-state index in [2.05, 4.69) is 19.2 Å². The number of benzene rings is 1. The first-order valence-electron chi connectivity index (χ1n) is 5.48. The van der Waals surface area contributed by atoms with E-state index in [0.717, 1.165) is 6.54 Å². The Balaban J connectivity index is 2.57. The molecule has 0 heterocycles. The summed E-state index contributed by atoms with van der Waals surface area (Å²) in [5.41, 5.74) is 0.678. The summed E-state index contributed by atoms with van der Waals surface area (Å²) in [7, 11) is 1.91. The Morgan fingerprint density at radius 1 is 1.38 bits per heavy atom. The van der Waals surface area contributed by atoms with Crippen LogP contribution < -0.4 is 10.1 Å². The Bertz CT molecular complexity index is 350. The molecular weight excluding hydrogens is 205 g/mol. The average Bonchev–Trinajstić information content (AvgIpc) is 2.20. The second-order valence-electron chi connectivity index (χ2n) is 4.89. The van der Waals surface area contributed by atoms with Gasteiger partial charge in [-0.05, 0) is 25.6 Å². The van der Waals surface area contributed by atoms with Crippen molar-refractivity contribution in [3.8, 4) is 5.75 Å². The summed E-state index contributed by atoms with van der Waals surface area (Å²) in [6.07, 6.45) is 0. The van der Waals surface area contributed by atoms with Crippen molar-refractivity contribution in [1.82, 2.24) is 5.32 Å². The van der Waals surface area contributed by atoms with Crippen LogP contribution in [0.15, 0.2) is 18.2 Å². The van der Waals surface area contributed by atoms with Crippen molar-refractivity contribution in [3.05, 3.63) is 29.6 Å². The molecule has 1 N–H and O–H groups in total. The minimum Gasteiger partial charge on any atom is -0.493 e. The van der Waals surface area contributed by atoms with Gasteiger partial charge in [0.25, 0.3) is 0 Å². The SMILES string of the molecule is CNCC(C)(C)COc1ccc(C)c(F)c1. The molecule has 0 saturated heterocycles. The quantitative estimate of drug-likeness (QED) is 0.832. The molecule has 90 valence electrons. The summed E-state index contributed by atoms with van der Waals surface area (Å²) < 4.78 is 18.8. The second kappa shape index (κ2) is 5.30. The van der Waals surface area contributed by atoms with Crippen molar-refractivity contribution in [3.63, 3.8) is 0 Å². The number of halogens is 1. The molecule has 0 atom stereocenters. The summed E-state index contributed by atoms with van der Waals surface area (Å²) in [5, 5.41) is 3.11. The van der Waals surface area contributed by atoms with Crippen molar-refractivity contribution < 1.29 is 9.13 Å². The Hall–Kier alpha value is -1.09. The second-order valence-corrected chi connectivity index (χ2v) is 4.89. The Morgan fingerprint density at radius 3 is 2.62 bits per heavy atom. The van der Waals surface area contributed by atoms with Crippen LogP contribution in [0, 0.1) is 18.2 Å². The molecule has 1 aromatic carbocycles. The smallest absolute Gasteiger partial charge is 0.129 e. The molecule has 0 radical (unpaired) electrons. The lowest BCUT2D eigenvalue weighted by Crippen LogP contribution is -2.32. The molecule has 1 rings (SSSR count). The fraction of sp³-hybridized carbons (Fsp3) is 0.538. The average molecular weight is 225 g/mol. The molecule has 2 nitrogen and oxygen atoms in total. The van der Waals surface area contributed by atoms with E-state index in [4.69, 9.17) is 4.74 Å². The number of rotatable bonds is 5. The summed E-state index contributed by atoms with van der Waals surface area (Å²) in [6, 6.07) is 4.97. The first-order chi connectivity index (χ1) is 7.44. The largest absolute Gasteiger partial charge is 0.493 e. The number of hydrogen-bond donors (Lipinski definition) is 1. The maximum Gasteiger partial charge on any atom is 0.129 e. The maximum absolute atomic E-state index is 13.3. The van der Waals surface area contributed by atoms with Crippen molar-refractivity contribution in [2.45, 2.75) is 20.8 Å². The van der Waals surface area contributed by atoms with Gasteiger partial charge in [0.2, 0.25) is 0 Å². The highest BCUT2D eigenvalue weighted by molar-refractivity contribution is 5.28. The summed E-state index contributed by atoms with van der Waals surface area (Å²) >= 11 is 0. The van der Waals surface area contributed by atoms with Gasteiger partial charge in [-0.3, -0.25) is 0 Å². The van der Waals surface area contributed by atoms with E-state index in [1.54, 1.807) is 19.1 Å². The highest BCUT2D eigenvalue weighted by Crippen LogP contribution is 2.20. The van der Waals surface area contributed by atoms with Crippen LogP contribution in [0.5, 0.6) is 5.75 Å². The molecule has 0 aliphatic carbocycles. The lowest BCUT2D eigenvalue weighted by Gasteiger charge is -2.24. The van der Waals surface area contributed by atoms with Gasteiger partial charge in [0.15, 0.2) is 0 Å². The van der Waals surface area contributed by atoms with Gasteiger partial charge in [-0.1, -0.05) is 19.9 Å². The molecule has 3 heteroatoms. The van der Waals surface area contributed by atoms with E-state index >= 15 is 0 Å². The van der Waals surface area contributed by atoms with Gasteiger partial charge >= 0.3 is 0 Å². The van der Waals surface area contributed by atoms with Gasteiger partial charge in [0.05, 0.1) is 6.61 Å². The van der Waals surface area contributed by atoms with E-state index < -0.39 is 0 Å². The van der Waals surface area contributed by atoms with Crippen molar-refractivity contribution in [2.75, 3.05) is 20.2 Å². The van der Waals surface area contributed by atoms with Crippen molar-refractivity contribution >= 4 is 0 Å². The summed E-state index contributed by atoms with van der Waals surface area (Å²) in [6.45, 7) is 7.38. The number of nitrogens with one attached hydrogen (secondary N) is 1. The Labute approximate surface area is 96.8 Å². The fourth-order valence-corrected chi connectivity index (χ4v) is 1.47. The minimum absolute atomic E-state index is 0.0378. The molecule has 0 saturated carbocycles. The zero-order valence-electron chi connectivity index (χ0n) is 10.4. The third kappa shape index (κ3) is 3.81. The molecule has 0 bridgehead atoms.